The van der Waals surface area contributed by atoms with Crippen LogP contribution in [0, 0.1) is 5.92 Å². The summed E-state index contributed by atoms with van der Waals surface area (Å²) in [5.41, 5.74) is 0. The third-order valence-electron chi connectivity index (χ3n) is 5.82. The Hall–Kier alpha value is -2.13. The van der Waals surface area contributed by atoms with Crippen LogP contribution in [-0.2, 0) is 19.6 Å². The Balaban J connectivity index is 1.56. The molecule has 2 fully saturated rings. The van der Waals surface area contributed by atoms with E-state index < -0.39 is 15.9 Å². The quantitative estimate of drug-likeness (QED) is 0.730. The average molecular weight is 438 g/mol. The number of ether oxygens (including phenoxy) is 1. The highest BCUT2D eigenvalue weighted by atomic mass is 32.2. The highest BCUT2D eigenvalue weighted by molar-refractivity contribution is 7.89. The lowest BCUT2D eigenvalue weighted by atomic mass is 9.99. The molecule has 0 radical (unpaired) electrons. The molecule has 2 amide bonds. The smallest absolute Gasteiger partial charge is 0.243 e. The number of methoxy groups -OCH3 is 1. The van der Waals surface area contributed by atoms with Crippen LogP contribution in [0.2, 0.25) is 0 Å². The second-order valence-corrected chi connectivity index (χ2v) is 9.83. The molecule has 8 nitrogen and oxygen atoms in total. The number of likely N-dealkylation sites (tertiary alicyclic amines) is 1. The van der Waals surface area contributed by atoms with Gasteiger partial charge in [0.2, 0.25) is 21.8 Å². The van der Waals surface area contributed by atoms with E-state index >= 15 is 0 Å². The van der Waals surface area contributed by atoms with Crippen LogP contribution < -0.4 is 10.1 Å². The summed E-state index contributed by atoms with van der Waals surface area (Å²) >= 11 is 0. The third-order valence-corrected chi connectivity index (χ3v) is 7.70. The van der Waals surface area contributed by atoms with Gasteiger partial charge in [0.05, 0.1) is 24.5 Å². The molecule has 2 aliphatic rings. The summed E-state index contributed by atoms with van der Waals surface area (Å²) in [5.74, 6) is -0.195. The van der Waals surface area contributed by atoms with E-state index in [0.29, 0.717) is 25.1 Å². The van der Waals surface area contributed by atoms with Gasteiger partial charge in [-0.05, 0) is 49.9 Å². The minimum atomic E-state index is -3.68. The molecule has 1 aromatic rings. The number of benzene rings is 1. The van der Waals surface area contributed by atoms with Gasteiger partial charge >= 0.3 is 0 Å². The summed E-state index contributed by atoms with van der Waals surface area (Å²) in [6.07, 6.45) is 5.49. The lowest BCUT2D eigenvalue weighted by molar-refractivity contribution is -0.134. The molecule has 1 aromatic carbocycles. The van der Waals surface area contributed by atoms with Crippen LogP contribution in [0.25, 0.3) is 0 Å². The van der Waals surface area contributed by atoms with Crippen molar-refractivity contribution in [1.29, 1.82) is 0 Å². The number of hydrogen-bond acceptors (Lipinski definition) is 5. The van der Waals surface area contributed by atoms with E-state index in [1.54, 1.807) is 12.1 Å². The lowest BCUT2D eigenvalue weighted by Crippen LogP contribution is -2.47. The summed E-state index contributed by atoms with van der Waals surface area (Å²) in [4.78, 5) is 27.0. The predicted molar refractivity (Wildman–Crippen MR) is 113 cm³/mol. The zero-order valence-electron chi connectivity index (χ0n) is 17.5. The molecule has 0 aliphatic carbocycles. The zero-order chi connectivity index (χ0) is 21.6. The maximum absolute atomic E-state index is 13.0. The van der Waals surface area contributed by atoms with E-state index in [0.717, 1.165) is 38.8 Å². The topological polar surface area (TPSA) is 96.0 Å². The van der Waals surface area contributed by atoms with Crippen molar-refractivity contribution in [3.8, 4) is 5.75 Å². The first-order valence-electron chi connectivity index (χ1n) is 10.6. The van der Waals surface area contributed by atoms with Crippen LogP contribution in [-0.4, -0.2) is 69.3 Å². The maximum Gasteiger partial charge on any atom is 0.243 e. The number of rotatable bonds is 6. The first-order chi connectivity index (χ1) is 14.4. The minimum Gasteiger partial charge on any atom is -0.497 e. The molecule has 1 atom stereocenters. The fraction of sp³-hybridized carbons (Fsp3) is 0.619. The summed E-state index contributed by atoms with van der Waals surface area (Å²) in [6, 6.07) is 6.24. The number of sulfonamides is 1. The lowest BCUT2D eigenvalue weighted by Gasteiger charge is -2.31. The third kappa shape index (κ3) is 5.51. The molecule has 2 saturated heterocycles. The van der Waals surface area contributed by atoms with E-state index in [1.807, 2.05) is 4.90 Å². The molecule has 0 unspecified atom stereocenters. The van der Waals surface area contributed by atoms with Crippen molar-refractivity contribution in [2.24, 2.45) is 5.92 Å². The number of carbonyl (C=O) groups excluding carboxylic acids is 2. The molecular formula is C21H31N3O5S. The van der Waals surface area contributed by atoms with Crippen LogP contribution in [0.3, 0.4) is 0 Å². The number of nitrogens with one attached hydrogen (secondary N) is 1. The molecule has 2 aliphatic heterocycles. The number of nitrogens with zero attached hydrogens (tertiary/aromatic N) is 2. The maximum atomic E-state index is 13.0. The Bertz CT molecular complexity index is 833. The number of hydrogen-bond donors (Lipinski definition) is 1. The molecule has 9 heteroatoms. The molecule has 166 valence electrons. The predicted octanol–water partition coefficient (Wildman–Crippen LogP) is 1.61. The van der Waals surface area contributed by atoms with Gasteiger partial charge in [0.25, 0.3) is 0 Å². The minimum absolute atomic E-state index is 0.0272. The molecule has 0 saturated carbocycles. The van der Waals surface area contributed by atoms with Crippen LogP contribution in [0.4, 0.5) is 0 Å². The highest BCUT2D eigenvalue weighted by Crippen LogP contribution is 2.25. The normalized spacial score (nSPS) is 21.0. The van der Waals surface area contributed by atoms with E-state index in [4.69, 9.17) is 4.74 Å². The van der Waals surface area contributed by atoms with Crippen LogP contribution in [0.1, 0.15) is 38.5 Å². The van der Waals surface area contributed by atoms with Gasteiger partial charge in [-0.2, -0.15) is 4.31 Å². The summed E-state index contributed by atoms with van der Waals surface area (Å²) < 4.78 is 32.3. The Morgan fingerprint density at radius 3 is 2.33 bits per heavy atom. The molecule has 0 bridgehead atoms. The molecule has 0 spiro atoms. The van der Waals surface area contributed by atoms with Crippen molar-refractivity contribution in [2.45, 2.75) is 43.4 Å². The number of piperidine rings is 1. The van der Waals surface area contributed by atoms with Gasteiger partial charge in [0, 0.05) is 26.2 Å². The Morgan fingerprint density at radius 2 is 1.70 bits per heavy atom. The highest BCUT2D eigenvalue weighted by Gasteiger charge is 2.33. The van der Waals surface area contributed by atoms with Gasteiger partial charge in [-0.1, -0.05) is 12.8 Å². The molecule has 2 heterocycles. The summed E-state index contributed by atoms with van der Waals surface area (Å²) in [7, 11) is -2.16. The van der Waals surface area contributed by atoms with Gasteiger partial charge in [0.1, 0.15) is 5.75 Å². The Labute approximate surface area is 178 Å². The van der Waals surface area contributed by atoms with Crippen molar-refractivity contribution in [3.05, 3.63) is 24.3 Å². The molecular weight excluding hydrogens is 406 g/mol. The van der Waals surface area contributed by atoms with Gasteiger partial charge in [-0.25, -0.2) is 8.42 Å². The van der Waals surface area contributed by atoms with Crippen molar-refractivity contribution in [3.63, 3.8) is 0 Å². The average Bonchev–Trinajstić information content (AvgIpc) is 3.07. The van der Waals surface area contributed by atoms with Gasteiger partial charge in [-0.15, -0.1) is 0 Å². The molecule has 1 N–H and O–H groups in total. The van der Waals surface area contributed by atoms with Crippen molar-refractivity contribution in [1.82, 2.24) is 14.5 Å². The van der Waals surface area contributed by atoms with Crippen molar-refractivity contribution < 1.29 is 22.7 Å². The molecule has 3 rings (SSSR count). The molecule has 0 aromatic heterocycles. The zero-order valence-corrected chi connectivity index (χ0v) is 18.3. The van der Waals surface area contributed by atoms with Crippen LogP contribution >= 0.6 is 0 Å². The van der Waals surface area contributed by atoms with Crippen LogP contribution in [0.15, 0.2) is 29.2 Å². The SMILES string of the molecule is COc1ccc(S(=O)(=O)N2CCC[C@@H](C(=O)NCC(=O)N3CCCCCC3)C2)cc1. The molecule has 30 heavy (non-hydrogen) atoms. The fourth-order valence-corrected chi connectivity index (χ4v) is 5.53. The second-order valence-electron chi connectivity index (χ2n) is 7.89. The van der Waals surface area contributed by atoms with Gasteiger partial charge in [0.15, 0.2) is 0 Å². The first kappa shape index (κ1) is 22.6. The monoisotopic (exact) mass is 437 g/mol. The number of carbonyl (C=O) groups is 2. The largest absolute Gasteiger partial charge is 0.497 e. The second kappa shape index (κ2) is 10.3. The van der Waals surface area contributed by atoms with Crippen molar-refractivity contribution in [2.75, 3.05) is 39.8 Å². The summed E-state index contributed by atoms with van der Waals surface area (Å²) in [5, 5.41) is 2.73. The first-order valence-corrected chi connectivity index (χ1v) is 12.1. The van der Waals surface area contributed by atoms with Crippen LogP contribution in [0.5, 0.6) is 5.75 Å². The summed E-state index contributed by atoms with van der Waals surface area (Å²) in [6.45, 7) is 1.96. The van der Waals surface area contributed by atoms with E-state index in [-0.39, 0.29) is 29.8 Å². The number of amides is 2. The standard InChI is InChI=1S/C21H31N3O5S/c1-29-18-8-10-19(11-9-18)30(27,28)24-14-6-7-17(16-24)21(26)22-15-20(25)23-12-4-2-3-5-13-23/h8-11,17H,2-7,12-16H2,1H3,(H,22,26)/t17-/m1/s1. The van der Waals surface area contributed by atoms with E-state index in [2.05, 4.69) is 5.32 Å². The Morgan fingerprint density at radius 1 is 1.03 bits per heavy atom. The van der Waals surface area contributed by atoms with Gasteiger partial charge in [-0.3, -0.25) is 9.59 Å². The Kier molecular flexibility index (Phi) is 7.71. The fourth-order valence-electron chi connectivity index (χ4n) is 4.01. The van der Waals surface area contributed by atoms with Gasteiger partial charge < -0.3 is 15.0 Å². The van der Waals surface area contributed by atoms with E-state index in [9.17, 15) is 18.0 Å². The van der Waals surface area contributed by atoms with E-state index in [1.165, 1.54) is 23.5 Å². The van der Waals surface area contributed by atoms with Crippen molar-refractivity contribution >= 4 is 21.8 Å².